The highest BCUT2D eigenvalue weighted by Gasteiger charge is 2.25. The fourth-order valence-electron chi connectivity index (χ4n) is 4.47. The summed E-state index contributed by atoms with van der Waals surface area (Å²) < 4.78 is 8.07. The normalized spacial score (nSPS) is 14.9. The summed E-state index contributed by atoms with van der Waals surface area (Å²) in [5.74, 6) is 2.79. The van der Waals surface area contributed by atoms with Crippen LogP contribution in [0.3, 0.4) is 0 Å². The molecule has 4 heterocycles. The molecule has 1 N–H and O–H groups in total. The minimum absolute atomic E-state index is 0.0553. The number of aryl methyl sites for hydroxylation is 3. The summed E-state index contributed by atoms with van der Waals surface area (Å²) in [6.07, 6.45) is 5.35. The molecule has 0 spiro atoms. The third kappa shape index (κ3) is 4.96. The summed E-state index contributed by atoms with van der Waals surface area (Å²) in [6, 6.07) is 8.39. The van der Waals surface area contributed by atoms with Gasteiger partial charge >= 0.3 is 0 Å². The Morgan fingerprint density at radius 2 is 1.78 bits per heavy atom. The van der Waals surface area contributed by atoms with Crippen LogP contribution >= 0.6 is 0 Å². The number of piperidine rings is 1. The third-order valence-corrected chi connectivity index (χ3v) is 6.68. The van der Waals surface area contributed by atoms with Crippen LogP contribution in [0.5, 0.6) is 5.88 Å². The van der Waals surface area contributed by atoms with Gasteiger partial charge in [0.15, 0.2) is 11.5 Å². The SMILES string of the molecule is Cc1nccc(OC2CCN(c3nc(Nc4cc(C(C)(C)C)ccc4C)c4c(ncn4C)n3)CC2)n1. The number of imidazole rings is 1. The molecule has 0 saturated carbocycles. The van der Waals surface area contributed by atoms with E-state index in [1.807, 2.05) is 24.6 Å². The van der Waals surface area contributed by atoms with Crippen LogP contribution in [0.25, 0.3) is 11.2 Å². The summed E-state index contributed by atoms with van der Waals surface area (Å²) >= 11 is 0. The number of anilines is 3. The monoisotopic (exact) mass is 486 g/mol. The van der Waals surface area contributed by atoms with E-state index in [9.17, 15) is 0 Å². The predicted molar refractivity (Wildman–Crippen MR) is 142 cm³/mol. The van der Waals surface area contributed by atoms with E-state index in [-0.39, 0.29) is 11.5 Å². The van der Waals surface area contributed by atoms with Gasteiger partial charge in [-0.25, -0.2) is 9.97 Å². The second kappa shape index (κ2) is 9.37. The van der Waals surface area contributed by atoms with Crippen LogP contribution in [0.4, 0.5) is 17.5 Å². The average molecular weight is 487 g/mol. The van der Waals surface area contributed by atoms with E-state index >= 15 is 0 Å². The largest absolute Gasteiger partial charge is 0.474 e. The van der Waals surface area contributed by atoms with Gasteiger partial charge < -0.3 is 19.5 Å². The van der Waals surface area contributed by atoms with Crippen molar-refractivity contribution < 1.29 is 4.74 Å². The zero-order chi connectivity index (χ0) is 25.4. The zero-order valence-corrected chi connectivity index (χ0v) is 21.9. The van der Waals surface area contributed by atoms with E-state index in [0.717, 1.165) is 48.5 Å². The Kier molecular flexibility index (Phi) is 6.24. The fraction of sp³-hybridized carbons (Fsp3) is 0.444. The van der Waals surface area contributed by atoms with Gasteiger partial charge in [-0.2, -0.15) is 15.0 Å². The maximum atomic E-state index is 6.10. The van der Waals surface area contributed by atoms with Crippen molar-refractivity contribution in [1.82, 2.24) is 29.5 Å². The quantitative estimate of drug-likeness (QED) is 0.427. The Morgan fingerprint density at radius 1 is 1.00 bits per heavy atom. The number of rotatable bonds is 5. The number of aromatic nitrogens is 6. The van der Waals surface area contributed by atoms with Crippen LogP contribution in [-0.4, -0.2) is 48.7 Å². The lowest BCUT2D eigenvalue weighted by molar-refractivity contribution is 0.163. The number of ether oxygens (including phenoxy) is 1. The molecular weight excluding hydrogens is 452 g/mol. The lowest BCUT2D eigenvalue weighted by Gasteiger charge is -2.32. The molecule has 1 aliphatic rings. The minimum atomic E-state index is 0.0553. The molecule has 4 aromatic rings. The molecular formula is C27H34N8O. The van der Waals surface area contributed by atoms with Crippen molar-refractivity contribution in [2.75, 3.05) is 23.3 Å². The summed E-state index contributed by atoms with van der Waals surface area (Å²) in [5.41, 5.74) is 5.10. The fourth-order valence-corrected chi connectivity index (χ4v) is 4.47. The van der Waals surface area contributed by atoms with Gasteiger partial charge in [0.2, 0.25) is 11.8 Å². The molecule has 1 saturated heterocycles. The minimum Gasteiger partial charge on any atom is -0.474 e. The van der Waals surface area contributed by atoms with Gasteiger partial charge in [0.05, 0.1) is 6.33 Å². The van der Waals surface area contributed by atoms with Crippen LogP contribution in [0, 0.1) is 13.8 Å². The molecule has 1 fully saturated rings. The molecule has 36 heavy (non-hydrogen) atoms. The molecule has 0 radical (unpaired) electrons. The van der Waals surface area contributed by atoms with Crippen molar-refractivity contribution in [3.63, 3.8) is 0 Å². The van der Waals surface area contributed by atoms with Crippen LogP contribution in [0.1, 0.15) is 50.6 Å². The van der Waals surface area contributed by atoms with Crippen molar-refractivity contribution in [2.24, 2.45) is 7.05 Å². The molecule has 0 aliphatic carbocycles. The van der Waals surface area contributed by atoms with Gasteiger partial charge in [-0.15, -0.1) is 0 Å². The molecule has 5 rings (SSSR count). The number of fused-ring (bicyclic) bond motifs is 1. The highest BCUT2D eigenvalue weighted by Crippen LogP contribution is 2.31. The second-order valence-electron chi connectivity index (χ2n) is 10.6. The average Bonchev–Trinajstić information content (AvgIpc) is 3.21. The van der Waals surface area contributed by atoms with Crippen molar-refractivity contribution in [3.05, 3.63) is 53.7 Å². The van der Waals surface area contributed by atoms with Gasteiger partial charge in [0.25, 0.3) is 0 Å². The first-order chi connectivity index (χ1) is 17.2. The lowest BCUT2D eigenvalue weighted by atomic mass is 9.86. The molecule has 9 heteroatoms. The van der Waals surface area contributed by atoms with E-state index in [2.05, 4.69) is 71.1 Å². The lowest BCUT2D eigenvalue weighted by Crippen LogP contribution is -2.39. The van der Waals surface area contributed by atoms with Crippen molar-refractivity contribution >= 4 is 28.6 Å². The van der Waals surface area contributed by atoms with E-state index < -0.39 is 0 Å². The van der Waals surface area contributed by atoms with E-state index in [1.165, 1.54) is 5.56 Å². The van der Waals surface area contributed by atoms with Gasteiger partial charge in [-0.1, -0.05) is 32.9 Å². The van der Waals surface area contributed by atoms with Gasteiger partial charge in [0.1, 0.15) is 17.4 Å². The number of benzene rings is 1. The molecule has 0 bridgehead atoms. The van der Waals surface area contributed by atoms with Crippen molar-refractivity contribution in [2.45, 2.75) is 59.0 Å². The maximum Gasteiger partial charge on any atom is 0.229 e. The Morgan fingerprint density at radius 3 is 2.50 bits per heavy atom. The second-order valence-corrected chi connectivity index (χ2v) is 10.6. The van der Waals surface area contributed by atoms with Crippen LogP contribution in [-0.2, 0) is 12.5 Å². The number of nitrogens with zero attached hydrogens (tertiary/aromatic N) is 7. The maximum absolute atomic E-state index is 6.10. The van der Waals surface area contributed by atoms with E-state index in [0.29, 0.717) is 23.3 Å². The smallest absolute Gasteiger partial charge is 0.229 e. The number of nitrogens with one attached hydrogen (secondary N) is 1. The number of hydrogen-bond acceptors (Lipinski definition) is 8. The molecule has 9 nitrogen and oxygen atoms in total. The van der Waals surface area contributed by atoms with Crippen LogP contribution in [0.15, 0.2) is 36.8 Å². The first-order valence-electron chi connectivity index (χ1n) is 12.5. The van der Waals surface area contributed by atoms with Gasteiger partial charge in [0, 0.05) is 50.9 Å². The zero-order valence-electron chi connectivity index (χ0n) is 21.9. The Labute approximate surface area is 212 Å². The predicted octanol–water partition coefficient (Wildman–Crippen LogP) is 4.86. The molecule has 3 aromatic heterocycles. The molecule has 0 atom stereocenters. The standard InChI is InChI=1S/C27H34N8O/c1-17-7-8-19(27(3,4)5)15-21(17)31-25-23-24(29-16-34(23)6)32-26(33-25)35-13-10-20(11-14-35)36-22-9-12-28-18(2)30-22/h7-9,12,15-16,20H,10-11,13-14H2,1-6H3,(H,31,32,33). The van der Waals surface area contributed by atoms with Crippen LogP contribution < -0.4 is 15.0 Å². The Balaban J connectivity index is 1.39. The summed E-state index contributed by atoms with van der Waals surface area (Å²) in [5, 5.41) is 3.60. The highest BCUT2D eigenvalue weighted by atomic mass is 16.5. The van der Waals surface area contributed by atoms with Crippen LogP contribution in [0.2, 0.25) is 0 Å². The summed E-state index contributed by atoms with van der Waals surface area (Å²) in [7, 11) is 1.97. The highest BCUT2D eigenvalue weighted by molar-refractivity contribution is 5.87. The van der Waals surface area contributed by atoms with Gasteiger partial charge in [-0.3, -0.25) is 0 Å². The molecule has 1 aromatic carbocycles. The first-order valence-corrected chi connectivity index (χ1v) is 12.5. The van der Waals surface area contributed by atoms with E-state index in [1.54, 1.807) is 12.5 Å². The molecule has 188 valence electrons. The topological polar surface area (TPSA) is 93.9 Å². The first kappa shape index (κ1) is 24.0. The molecule has 0 amide bonds. The third-order valence-electron chi connectivity index (χ3n) is 6.68. The van der Waals surface area contributed by atoms with E-state index in [4.69, 9.17) is 14.7 Å². The van der Waals surface area contributed by atoms with Gasteiger partial charge in [-0.05, 0) is 36.5 Å². The Bertz CT molecular complexity index is 1380. The molecule has 0 unspecified atom stereocenters. The Hall–Kier alpha value is -3.75. The summed E-state index contributed by atoms with van der Waals surface area (Å²) in [4.78, 5) is 25.1. The van der Waals surface area contributed by atoms with Crippen molar-refractivity contribution in [3.8, 4) is 5.88 Å². The summed E-state index contributed by atoms with van der Waals surface area (Å²) in [6.45, 7) is 12.2. The van der Waals surface area contributed by atoms with Crippen molar-refractivity contribution in [1.29, 1.82) is 0 Å². The number of hydrogen-bond donors (Lipinski definition) is 1. The molecule has 1 aliphatic heterocycles.